The Balaban J connectivity index is 1.82. The molecule has 7 heteroatoms. The fourth-order valence-corrected chi connectivity index (χ4v) is 3.67. The molecule has 31 heavy (non-hydrogen) atoms. The number of nitrogens with zero attached hydrogens (tertiary/aromatic N) is 3. The lowest BCUT2D eigenvalue weighted by molar-refractivity contribution is -0.131. The van der Waals surface area contributed by atoms with Crippen molar-refractivity contribution in [1.29, 1.82) is 0 Å². The highest BCUT2D eigenvalue weighted by molar-refractivity contribution is 6.22. The number of benzene rings is 2. The van der Waals surface area contributed by atoms with Crippen LogP contribution in [0.2, 0.25) is 0 Å². The van der Waals surface area contributed by atoms with E-state index in [1.54, 1.807) is 53.4 Å². The van der Waals surface area contributed by atoms with Crippen LogP contribution in [0.25, 0.3) is 0 Å². The Hall–Kier alpha value is -3.48. The molecule has 1 aliphatic heterocycles. The normalized spacial score (nSPS) is 12.6. The van der Waals surface area contributed by atoms with Gasteiger partial charge in [-0.25, -0.2) is 0 Å². The first-order valence-corrected chi connectivity index (χ1v) is 10.6. The molecule has 0 bridgehead atoms. The van der Waals surface area contributed by atoms with Gasteiger partial charge in [-0.05, 0) is 37.1 Å². The molecule has 0 spiro atoms. The number of anilines is 1. The van der Waals surface area contributed by atoms with E-state index in [1.807, 2.05) is 19.9 Å². The molecule has 0 saturated carbocycles. The summed E-state index contributed by atoms with van der Waals surface area (Å²) in [5.41, 5.74) is 1.13. The van der Waals surface area contributed by atoms with E-state index in [0.29, 0.717) is 29.9 Å². The zero-order valence-corrected chi connectivity index (χ0v) is 17.9. The highest BCUT2D eigenvalue weighted by Gasteiger charge is 2.37. The summed E-state index contributed by atoms with van der Waals surface area (Å²) in [6.45, 7) is 4.66. The third-order valence-electron chi connectivity index (χ3n) is 5.17. The molecule has 4 amide bonds. The van der Waals surface area contributed by atoms with Crippen molar-refractivity contribution in [3.05, 3.63) is 65.7 Å². The largest absolute Gasteiger partial charge is 0.341 e. The second-order valence-electron chi connectivity index (χ2n) is 7.44. The molecule has 0 N–H and O–H groups in total. The maximum absolute atomic E-state index is 13.2. The maximum Gasteiger partial charge on any atom is 0.262 e. The van der Waals surface area contributed by atoms with Crippen LogP contribution in [0, 0.1) is 0 Å². The minimum atomic E-state index is -0.494. The van der Waals surface area contributed by atoms with Gasteiger partial charge in [0.2, 0.25) is 11.8 Å². The van der Waals surface area contributed by atoms with Gasteiger partial charge in [-0.1, -0.05) is 44.2 Å². The van der Waals surface area contributed by atoms with Gasteiger partial charge >= 0.3 is 0 Å². The summed E-state index contributed by atoms with van der Waals surface area (Å²) in [7, 11) is 0. The molecule has 1 aliphatic rings. The van der Waals surface area contributed by atoms with Gasteiger partial charge in [0.05, 0.1) is 11.1 Å². The maximum atomic E-state index is 13.2. The highest BCUT2D eigenvalue weighted by Crippen LogP contribution is 2.23. The molecule has 0 atom stereocenters. The predicted molar refractivity (Wildman–Crippen MR) is 118 cm³/mol. The first kappa shape index (κ1) is 22.2. The Kier molecular flexibility index (Phi) is 7.18. The van der Waals surface area contributed by atoms with Crippen LogP contribution in [-0.2, 0) is 9.59 Å². The van der Waals surface area contributed by atoms with Crippen LogP contribution >= 0.6 is 0 Å². The van der Waals surface area contributed by atoms with Crippen molar-refractivity contribution in [2.45, 2.75) is 26.7 Å². The molecule has 0 aromatic heterocycles. The topological polar surface area (TPSA) is 78.0 Å². The van der Waals surface area contributed by atoms with E-state index in [0.717, 1.165) is 17.7 Å². The zero-order chi connectivity index (χ0) is 22.4. The van der Waals surface area contributed by atoms with Crippen LogP contribution in [0.5, 0.6) is 0 Å². The van der Waals surface area contributed by atoms with Crippen molar-refractivity contribution in [3.8, 4) is 0 Å². The third-order valence-corrected chi connectivity index (χ3v) is 5.17. The standard InChI is InChI=1S/C24H27N3O4/c1-3-14-25(15-4-2)21(28)16-26(18-10-6-5-7-11-18)22(29)17-27-23(30)19-12-8-9-13-20(19)24(27)31/h5-13H,3-4,14-17H2,1-2H3. The molecule has 0 radical (unpaired) electrons. The van der Waals surface area contributed by atoms with Crippen LogP contribution in [0.1, 0.15) is 47.4 Å². The number of para-hydroxylation sites is 1. The number of amides is 4. The summed E-state index contributed by atoms with van der Waals surface area (Å²) < 4.78 is 0. The zero-order valence-electron chi connectivity index (χ0n) is 17.9. The summed E-state index contributed by atoms with van der Waals surface area (Å²) in [6, 6.07) is 15.3. The number of carbonyl (C=O) groups excluding carboxylic acids is 4. The van der Waals surface area contributed by atoms with E-state index in [4.69, 9.17) is 0 Å². The molecule has 2 aromatic carbocycles. The van der Waals surface area contributed by atoms with Crippen molar-refractivity contribution in [2.75, 3.05) is 31.1 Å². The van der Waals surface area contributed by atoms with Gasteiger partial charge in [-0.15, -0.1) is 0 Å². The third kappa shape index (κ3) is 4.82. The summed E-state index contributed by atoms with van der Waals surface area (Å²) in [6.07, 6.45) is 1.64. The molecule has 162 valence electrons. The average Bonchev–Trinajstić information content (AvgIpc) is 3.02. The van der Waals surface area contributed by atoms with E-state index in [2.05, 4.69) is 0 Å². The van der Waals surface area contributed by atoms with E-state index >= 15 is 0 Å². The fraction of sp³-hybridized carbons (Fsp3) is 0.333. The molecule has 7 nitrogen and oxygen atoms in total. The molecular formula is C24H27N3O4. The SMILES string of the molecule is CCCN(CCC)C(=O)CN(C(=O)CN1C(=O)c2ccccc2C1=O)c1ccccc1. The fourth-order valence-electron chi connectivity index (χ4n) is 3.67. The van der Waals surface area contributed by atoms with Crippen LogP contribution in [0.4, 0.5) is 5.69 Å². The Morgan fingerprint density at radius 2 is 1.29 bits per heavy atom. The number of hydrogen-bond acceptors (Lipinski definition) is 4. The van der Waals surface area contributed by atoms with E-state index in [-0.39, 0.29) is 12.5 Å². The highest BCUT2D eigenvalue weighted by atomic mass is 16.2. The minimum Gasteiger partial charge on any atom is -0.341 e. The minimum absolute atomic E-state index is 0.147. The average molecular weight is 421 g/mol. The van der Waals surface area contributed by atoms with Crippen molar-refractivity contribution >= 4 is 29.3 Å². The lowest BCUT2D eigenvalue weighted by atomic mass is 10.1. The molecular weight excluding hydrogens is 394 g/mol. The van der Waals surface area contributed by atoms with Crippen molar-refractivity contribution < 1.29 is 19.2 Å². The predicted octanol–water partition coefficient (Wildman–Crippen LogP) is 2.96. The molecule has 1 heterocycles. The van der Waals surface area contributed by atoms with Gasteiger partial charge in [-0.2, -0.15) is 0 Å². The lowest BCUT2D eigenvalue weighted by Gasteiger charge is -2.28. The van der Waals surface area contributed by atoms with Gasteiger partial charge in [0.1, 0.15) is 13.1 Å². The summed E-state index contributed by atoms with van der Waals surface area (Å²) >= 11 is 0. The Morgan fingerprint density at radius 3 is 1.81 bits per heavy atom. The van der Waals surface area contributed by atoms with Crippen LogP contribution in [0.3, 0.4) is 0 Å². The van der Waals surface area contributed by atoms with Gasteiger partial charge in [-0.3, -0.25) is 24.1 Å². The monoisotopic (exact) mass is 421 g/mol. The second kappa shape index (κ2) is 10.0. The lowest BCUT2D eigenvalue weighted by Crippen LogP contribution is -2.48. The quantitative estimate of drug-likeness (QED) is 0.583. The molecule has 2 aromatic rings. The van der Waals surface area contributed by atoms with Crippen molar-refractivity contribution in [3.63, 3.8) is 0 Å². The van der Waals surface area contributed by atoms with Gasteiger partial charge < -0.3 is 9.80 Å². The van der Waals surface area contributed by atoms with Gasteiger partial charge in [0, 0.05) is 18.8 Å². The Morgan fingerprint density at radius 1 is 0.774 bits per heavy atom. The first-order chi connectivity index (χ1) is 15.0. The van der Waals surface area contributed by atoms with Crippen LogP contribution in [-0.4, -0.2) is 59.6 Å². The molecule has 0 unspecified atom stereocenters. The van der Waals surface area contributed by atoms with Crippen molar-refractivity contribution in [1.82, 2.24) is 9.80 Å². The number of rotatable bonds is 9. The number of fused-ring (bicyclic) bond motifs is 1. The molecule has 0 aliphatic carbocycles. The number of carbonyl (C=O) groups is 4. The van der Waals surface area contributed by atoms with Crippen LogP contribution < -0.4 is 4.90 Å². The first-order valence-electron chi connectivity index (χ1n) is 10.6. The molecule has 3 rings (SSSR count). The van der Waals surface area contributed by atoms with Gasteiger partial charge in [0.15, 0.2) is 0 Å². The molecule has 0 saturated heterocycles. The summed E-state index contributed by atoms with van der Waals surface area (Å²) in [5.74, 6) is -1.64. The van der Waals surface area contributed by atoms with E-state index in [1.165, 1.54) is 4.90 Å². The summed E-state index contributed by atoms with van der Waals surface area (Å²) in [5, 5.41) is 0. The Labute approximate surface area is 182 Å². The molecule has 0 fully saturated rings. The van der Waals surface area contributed by atoms with Crippen molar-refractivity contribution in [2.24, 2.45) is 0 Å². The van der Waals surface area contributed by atoms with E-state index < -0.39 is 24.3 Å². The number of hydrogen-bond donors (Lipinski definition) is 0. The van der Waals surface area contributed by atoms with E-state index in [9.17, 15) is 19.2 Å². The summed E-state index contributed by atoms with van der Waals surface area (Å²) in [4.78, 5) is 55.5. The second-order valence-corrected chi connectivity index (χ2v) is 7.44. The smallest absolute Gasteiger partial charge is 0.262 e. The number of imide groups is 1. The van der Waals surface area contributed by atoms with Gasteiger partial charge in [0.25, 0.3) is 11.8 Å². The van der Waals surface area contributed by atoms with Crippen LogP contribution in [0.15, 0.2) is 54.6 Å². The Bertz CT molecular complexity index is 933.